The number of fused-ring (bicyclic) bond motifs is 1. The predicted octanol–water partition coefficient (Wildman–Crippen LogP) is 3.99. The minimum atomic E-state index is -0.714. The third-order valence-electron chi connectivity index (χ3n) is 4.38. The lowest BCUT2D eigenvalue weighted by Crippen LogP contribution is -2.25. The summed E-state index contributed by atoms with van der Waals surface area (Å²) in [5.74, 6) is -0.402. The summed E-state index contributed by atoms with van der Waals surface area (Å²) in [5, 5.41) is 2.51. The average Bonchev–Trinajstić information content (AvgIpc) is 3.07. The number of rotatable bonds is 5. The quantitative estimate of drug-likeness (QED) is 0.505. The first-order valence-electron chi connectivity index (χ1n) is 9.33. The number of amides is 1. The second-order valence-electron chi connectivity index (χ2n) is 7.69. The Morgan fingerprint density at radius 2 is 1.73 bits per heavy atom. The van der Waals surface area contributed by atoms with E-state index >= 15 is 0 Å². The van der Waals surface area contributed by atoms with Crippen LogP contribution in [-0.2, 0) is 21.0 Å². The van der Waals surface area contributed by atoms with Crippen molar-refractivity contribution in [3.8, 4) is 0 Å². The van der Waals surface area contributed by atoms with Crippen LogP contribution in [0.15, 0.2) is 48.5 Å². The maximum absolute atomic E-state index is 12.7. The monoisotopic (exact) mass is 409 g/mol. The summed E-state index contributed by atoms with van der Waals surface area (Å²) in [7, 11) is 1.23. The van der Waals surface area contributed by atoms with Crippen molar-refractivity contribution < 1.29 is 23.9 Å². The third-order valence-corrected chi connectivity index (χ3v) is 4.38. The van der Waals surface area contributed by atoms with E-state index in [0.29, 0.717) is 22.2 Å². The predicted molar refractivity (Wildman–Crippen MR) is 111 cm³/mol. The molecule has 1 amide bonds. The molecule has 0 saturated heterocycles. The van der Waals surface area contributed by atoms with Crippen LogP contribution in [0.5, 0.6) is 0 Å². The first-order chi connectivity index (χ1) is 14.2. The van der Waals surface area contributed by atoms with Gasteiger partial charge in [-0.2, -0.15) is 0 Å². The fourth-order valence-electron chi connectivity index (χ4n) is 2.74. The second-order valence-corrected chi connectivity index (χ2v) is 7.69. The molecule has 0 fully saturated rings. The first kappa shape index (κ1) is 21.0. The van der Waals surface area contributed by atoms with E-state index in [1.807, 2.05) is 6.07 Å². The van der Waals surface area contributed by atoms with Gasteiger partial charge in [0.25, 0.3) is 0 Å². The highest BCUT2D eigenvalue weighted by Gasteiger charge is 2.24. The number of hydrogen-bond acceptors (Lipinski definition) is 6. The van der Waals surface area contributed by atoms with E-state index in [2.05, 4.69) is 15.0 Å². The van der Waals surface area contributed by atoms with Crippen LogP contribution in [0.3, 0.4) is 0 Å². The van der Waals surface area contributed by atoms with Crippen molar-refractivity contribution in [3.63, 3.8) is 0 Å². The van der Waals surface area contributed by atoms with Gasteiger partial charge < -0.3 is 9.47 Å². The van der Waals surface area contributed by atoms with Crippen LogP contribution in [0.1, 0.15) is 36.7 Å². The van der Waals surface area contributed by atoms with Crippen LogP contribution in [0.4, 0.5) is 10.7 Å². The number of aromatic nitrogens is 2. The Morgan fingerprint density at radius 1 is 1.03 bits per heavy atom. The zero-order valence-electron chi connectivity index (χ0n) is 17.3. The zero-order valence-corrected chi connectivity index (χ0v) is 17.3. The lowest BCUT2D eigenvalue weighted by molar-refractivity contribution is -0.156. The van der Waals surface area contributed by atoms with Crippen molar-refractivity contribution in [1.29, 1.82) is 0 Å². The van der Waals surface area contributed by atoms with Crippen molar-refractivity contribution in [2.24, 2.45) is 5.41 Å². The number of nitrogens with one attached hydrogen (secondary N) is 1. The minimum absolute atomic E-state index is 0.142. The molecule has 0 spiro atoms. The summed E-state index contributed by atoms with van der Waals surface area (Å²) in [4.78, 5) is 41.0. The van der Waals surface area contributed by atoms with Crippen molar-refractivity contribution in [3.05, 3.63) is 59.7 Å². The third kappa shape index (κ3) is 4.48. The van der Waals surface area contributed by atoms with E-state index in [-0.39, 0.29) is 18.5 Å². The molecule has 8 nitrogen and oxygen atoms in total. The van der Waals surface area contributed by atoms with E-state index < -0.39 is 17.5 Å². The highest BCUT2D eigenvalue weighted by molar-refractivity contribution is 6.10. The molecule has 3 rings (SSSR count). The van der Waals surface area contributed by atoms with Gasteiger partial charge >= 0.3 is 12.1 Å². The molecule has 0 aliphatic heterocycles. The smallest absolute Gasteiger partial charge is 0.413 e. The van der Waals surface area contributed by atoms with Gasteiger partial charge in [0.15, 0.2) is 12.5 Å². The minimum Gasteiger partial charge on any atom is -0.453 e. The van der Waals surface area contributed by atoms with Gasteiger partial charge in [-0.25, -0.2) is 9.78 Å². The Kier molecular flexibility index (Phi) is 5.86. The largest absolute Gasteiger partial charge is 0.453 e. The molecule has 1 heterocycles. The first-order valence-corrected chi connectivity index (χ1v) is 9.33. The molecule has 0 bridgehead atoms. The highest BCUT2D eigenvalue weighted by atomic mass is 16.5. The number of ketones is 1. The van der Waals surface area contributed by atoms with Gasteiger partial charge in [0.05, 0.1) is 23.6 Å². The molecule has 8 heteroatoms. The molecule has 3 aromatic rings. The lowest BCUT2D eigenvalue weighted by atomic mass is 9.98. The number of nitrogens with zero attached hydrogens (tertiary/aromatic N) is 2. The number of anilines is 1. The van der Waals surface area contributed by atoms with Crippen LogP contribution in [0, 0.1) is 5.41 Å². The Hall–Kier alpha value is -3.68. The van der Waals surface area contributed by atoms with E-state index in [9.17, 15) is 14.4 Å². The average molecular weight is 409 g/mol. The topological polar surface area (TPSA) is 99.5 Å². The van der Waals surface area contributed by atoms with Crippen molar-refractivity contribution in [1.82, 2.24) is 9.55 Å². The molecule has 156 valence electrons. The van der Waals surface area contributed by atoms with Gasteiger partial charge in [-0.05, 0) is 39.0 Å². The summed E-state index contributed by atoms with van der Waals surface area (Å²) in [5.41, 5.74) is 1.39. The molecular formula is C22H23N3O5. The number of carbonyl (C=O) groups is 3. The van der Waals surface area contributed by atoms with E-state index in [1.54, 1.807) is 63.2 Å². The maximum Gasteiger partial charge on any atom is 0.413 e. The van der Waals surface area contributed by atoms with Crippen LogP contribution in [0.25, 0.3) is 11.0 Å². The molecule has 30 heavy (non-hydrogen) atoms. The van der Waals surface area contributed by atoms with Crippen LogP contribution >= 0.6 is 0 Å². The highest BCUT2D eigenvalue weighted by Crippen LogP contribution is 2.24. The van der Waals surface area contributed by atoms with E-state index in [1.165, 1.54) is 11.7 Å². The fraction of sp³-hybridized carbons (Fsp3) is 0.273. The van der Waals surface area contributed by atoms with Gasteiger partial charge in [-0.1, -0.05) is 30.3 Å². The Balaban J connectivity index is 1.98. The van der Waals surface area contributed by atoms with E-state index in [4.69, 9.17) is 4.74 Å². The van der Waals surface area contributed by atoms with Crippen LogP contribution < -0.4 is 5.32 Å². The Bertz CT molecular complexity index is 1100. The zero-order chi connectivity index (χ0) is 21.9. The van der Waals surface area contributed by atoms with Gasteiger partial charge in [-0.15, -0.1) is 0 Å². The molecule has 0 saturated carbocycles. The molecule has 0 aliphatic rings. The fourth-order valence-corrected chi connectivity index (χ4v) is 2.74. The maximum atomic E-state index is 12.7. The number of benzene rings is 2. The van der Waals surface area contributed by atoms with Crippen molar-refractivity contribution in [2.75, 3.05) is 12.4 Å². The van der Waals surface area contributed by atoms with Crippen molar-refractivity contribution >= 4 is 34.8 Å². The van der Waals surface area contributed by atoms with Crippen molar-refractivity contribution in [2.45, 2.75) is 27.5 Å². The van der Waals surface area contributed by atoms with E-state index in [0.717, 1.165) is 0 Å². The van der Waals surface area contributed by atoms with Gasteiger partial charge in [-0.3, -0.25) is 19.5 Å². The summed E-state index contributed by atoms with van der Waals surface area (Å²) in [6.07, 6.45) is -0.714. The van der Waals surface area contributed by atoms with Gasteiger partial charge in [0, 0.05) is 11.1 Å². The molecule has 1 N–H and O–H groups in total. The molecule has 0 atom stereocenters. The SMILES string of the molecule is COC(=O)Nc1nc2cc(C(=O)c3ccccc3)ccc2n1COC(=O)C(C)(C)C. The summed E-state index contributed by atoms with van der Waals surface area (Å²) >= 11 is 0. The normalized spacial score (nSPS) is 11.2. The summed E-state index contributed by atoms with van der Waals surface area (Å²) in [6.45, 7) is 5.08. The molecule has 0 radical (unpaired) electrons. The molecule has 1 aromatic heterocycles. The summed E-state index contributed by atoms with van der Waals surface area (Å²) < 4.78 is 11.6. The molecular weight excluding hydrogens is 386 g/mol. The second kappa shape index (κ2) is 8.36. The van der Waals surface area contributed by atoms with Gasteiger partial charge in [0.1, 0.15) is 0 Å². The summed E-state index contributed by atoms with van der Waals surface area (Å²) in [6, 6.07) is 13.9. The Labute approximate surface area is 173 Å². The number of hydrogen-bond donors (Lipinski definition) is 1. The number of methoxy groups -OCH3 is 1. The molecule has 0 unspecified atom stereocenters. The number of carbonyl (C=O) groups excluding carboxylic acids is 3. The number of esters is 1. The van der Waals surface area contributed by atoms with Gasteiger partial charge in [0.2, 0.25) is 5.95 Å². The Morgan fingerprint density at radius 3 is 2.37 bits per heavy atom. The number of imidazole rings is 1. The molecule has 0 aliphatic carbocycles. The van der Waals surface area contributed by atoms with Crippen LogP contribution in [-0.4, -0.2) is 34.5 Å². The lowest BCUT2D eigenvalue weighted by Gasteiger charge is -2.17. The van der Waals surface area contributed by atoms with Crippen LogP contribution in [0.2, 0.25) is 0 Å². The standard InChI is InChI=1S/C22H23N3O5/c1-22(2,3)19(27)30-13-25-17-11-10-15(18(26)14-8-6-5-7-9-14)12-16(17)23-20(25)24-21(28)29-4/h5-12H,13H2,1-4H3,(H,23,24,28). The molecule has 2 aromatic carbocycles. The number of ether oxygens (including phenoxy) is 2.